The number of rotatable bonds is 6. The number of amides is 1. The summed E-state index contributed by atoms with van der Waals surface area (Å²) in [6.45, 7) is 0.299. The maximum atomic E-state index is 12.2. The fourth-order valence-electron chi connectivity index (χ4n) is 2.09. The predicted octanol–water partition coefficient (Wildman–Crippen LogP) is 2.02. The van der Waals surface area contributed by atoms with Crippen LogP contribution in [0.25, 0.3) is 10.8 Å². The molecule has 1 aromatic carbocycles. The normalized spacial score (nSPS) is 12.3. The van der Waals surface area contributed by atoms with E-state index in [0.29, 0.717) is 18.2 Å². The highest BCUT2D eigenvalue weighted by Gasteiger charge is 2.16. The van der Waals surface area contributed by atoms with Gasteiger partial charge in [0.15, 0.2) is 0 Å². The lowest BCUT2D eigenvalue weighted by molar-refractivity contribution is 0.0874. The lowest BCUT2D eigenvalue weighted by atomic mass is 10.1. The van der Waals surface area contributed by atoms with Crippen molar-refractivity contribution in [3.05, 3.63) is 41.2 Å². The largest absolute Gasteiger partial charge is 0.396 e. The number of carbonyl (C=O) groups excluding carboxylic acids is 1. The van der Waals surface area contributed by atoms with Gasteiger partial charge in [0.1, 0.15) is 10.8 Å². The Morgan fingerprint density at radius 1 is 1.48 bits per heavy atom. The Morgan fingerprint density at radius 2 is 2.24 bits per heavy atom. The second-order valence-corrected chi connectivity index (χ2v) is 5.02. The van der Waals surface area contributed by atoms with E-state index < -0.39 is 0 Å². The van der Waals surface area contributed by atoms with Gasteiger partial charge in [0.05, 0.1) is 12.6 Å². The van der Waals surface area contributed by atoms with Crippen LogP contribution in [0, 0.1) is 0 Å². The van der Waals surface area contributed by atoms with Crippen molar-refractivity contribution in [3.63, 3.8) is 0 Å². The molecule has 0 aliphatic carbocycles. The van der Waals surface area contributed by atoms with E-state index in [2.05, 4.69) is 10.3 Å². The quantitative estimate of drug-likeness (QED) is 0.801. The molecule has 1 unspecified atom stereocenters. The number of halogens is 1. The van der Waals surface area contributed by atoms with Gasteiger partial charge < -0.3 is 15.2 Å². The molecule has 2 N–H and O–H groups in total. The summed E-state index contributed by atoms with van der Waals surface area (Å²) in [5, 5.41) is 13.7. The molecule has 0 saturated carbocycles. The lowest BCUT2D eigenvalue weighted by Gasteiger charge is -2.16. The van der Waals surface area contributed by atoms with E-state index in [1.807, 2.05) is 24.3 Å². The van der Waals surface area contributed by atoms with Gasteiger partial charge >= 0.3 is 0 Å². The van der Waals surface area contributed by atoms with Crippen molar-refractivity contribution in [2.45, 2.75) is 12.5 Å². The Labute approximate surface area is 127 Å². The maximum Gasteiger partial charge on any atom is 0.270 e. The molecular weight excluding hydrogens is 292 g/mol. The number of hydrogen-bond acceptors (Lipinski definition) is 4. The molecule has 21 heavy (non-hydrogen) atoms. The number of benzene rings is 1. The van der Waals surface area contributed by atoms with Gasteiger partial charge in [-0.3, -0.25) is 4.79 Å². The summed E-state index contributed by atoms with van der Waals surface area (Å²) in [4.78, 5) is 16.4. The first-order valence-corrected chi connectivity index (χ1v) is 6.99. The number of aliphatic hydroxyl groups is 1. The predicted molar refractivity (Wildman–Crippen MR) is 81.6 cm³/mol. The third-order valence-electron chi connectivity index (χ3n) is 3.11. The van der Waals surface area contributed by atoms with E-state index in [1.54, 1.807) is 13.2 Å². The standard InChI is InChI=1S/C15H17ClN2O3/c1-21-9-11(6-7-19)17-15(20)13-8-10-4-2-3-5-12(10)14(16)18-13/h2-5,8,11,19H,6-7,9H2,1H3,(H,17,20). The first kappa shape index (κ1) is 15.7. The van der Waals surface area contributed by atoms with Crippen LogP contribution >= 0.6 is 11.6 Å². The van der Waals surface area contributed by atoms with Crippen LogP contribution in [0.15, 0.2) is 30.3 Å². The van der Waals surface area contributed by atoms with Crippen molar-refractivity contribution in [2.75, 3.05) is 20.3 Å². The Hall–Kier alpha value is -1.69. The summed E-state index contributed by atoms with van der Waals surface area (Å²) in [6, 6.07) is 8.90. The summed E-state index contributed by atoms with van der Waals surface area (Å²) >= 11 is 6.11. The maximum absolute atomic E-state index is 12.2. The van der Waals surface area contributed by atoms with Crippen LogP contribution in [0.5, 0.6) is 0 Å². The average Bonchev–Trinajstić information content (AvgIpc) is 2.47. The van der Waals surface area contributed by atoms with Crippen molar-refractivity contribution in [2.24, 2.45) is 0 Å². The highest BCUT2D eigenvalue weighted by atomic mass is 35.5. The minimum absolute atomic E-state index is 0.0276. The summed E-state index contributed by atoms with van der Waals surface area (Å²) in [6.07, 6.45) is 0.418. The van der Waals surface area contributed by atoms with Gasteiger partial charge in [-0.1, -0.05) is 35.9 Å². The molecule has 0 saturated heterocycles. The van der Waals surface area contributed by atoms with E-state index >= 15 is 0 Å². The van der Waals surface area contributed by atoms with E-state index in [0.717, 1.165) is 10.8 Å². The van der Waals surface area contributed by atoms with E-state index in [4.69, 9.17) is 21.4 Å². The molecule has 2 aromatic rings. The SMILES string of the molecule is COCC(CCO)NC(=O)c1cc2ccccc2c(Cl)n1. The third kappa shape index (κ3) is 3.91. The molecule has 0 bridgehead atoms. The average molecular weight is 309 g/mol. The number of fused-ring (bicyclic) bond motifs is 1. The number of methoxy groups -OCH3 is 1. The van der Waals surface area contributed by atoms with Gasteiger partial charge in [-0.25, -0.2) is 4.98 Å². The molecule has 0 fully saturated rings. The zero-order chi connectivity index (χ0) is 15.2. The molecule has 0 spiro atoms. The second-order valence-electron chi connectivity index (χ2n) is 4.66. The molecule has 2 rings (SSSR count). The van der Waals surface area contributed by atoms with Crippen LogP contribution < -0.4 is 5.32 Å². The van der Waals surface area contributed by atoms with Gasteiger partial charge in [-0.05, 0) is 17.9 Å². The highest BCUT2D eigenvalue weighted by Crippen LogP contribution is 2.22. The number of aromatic nitrogens is 1. The Morgan fingerprint density at radius 3 is 2.95 bits per heavy atom. The topological polar surface area (TPSA) is 71.5 Å². The number of nitrogens with one attached hydrogen (secondary N) is 1. The summed E-state index contributed by atoms with van der Waals surface area (Å²) < 4.78 is 5.01. The van der Waals surface area contributed by atoms with Gasteiger partial charge in [0.2, 0.25) is 0 Å². The number of nitrogens with zero attached hydrogens (tertiary/aromatic N) is 1. The molecule has 1 heterocycles. The summed E-state index contributed by atoms with van der Waals surface area (Å²) in [7, 11) is 1.54. The molecule has 1 aromatic heterocycles. The minimum Gasteiger partial charge on any atom is -0.396 e. The van der Waals surface area contributed by atoms with Gasteiger partial charge in [0, 0.05) is 19.1 Å². The zero-order valence-electron chi connectivity index (χ0n) is 11.7. The lowest BCUT2D eigenvalue weighted by Crippen LogP contribution is -2.39. The van der Waals surface area contributed by atoms with Crippen LogP contribution in [0.3, 0.4) is 0 Å². The van der Waals surface area contributed by atoms with Crippen molar-refractivity contribution >= 4 is 28.3 Å². The van der Waals surface area contributed by atoms with Crippen LogP contribution in [0.1, 0.15) is 16.9 Å². The highest BCUT2D eigenvalue weighted by molar-refractivity contribution is 6.34. The summed E-state index contributed by atoms with van der Waals surface area (Å²) in [5.74, 6) is -0.335. The molecule has 1 atom stereocenters. The fraction of sp³-hybridized carbons (Fsp3) is 0.333. The number of carbonyl (C=O) groups is 1. The van der Waals surface area contributed by atoms with Crippen LogP contribution in [0.4, 0.5) is 0 Å². The third-order valence-corrected chi connectivity index (χ3v) is 3.40. The molecule has 6 heteroatoms. The molecular formula is C15H17ClN2O3. The van der Waals surface area contributed by atoms with Crippen LogP contribution in [-0.4, -0.2) is 42.4 Å². The zero-order valence-corrected chi connectivity index (χ0v) is 12.4. The molecule has 0 aliphatic heterocycles. The molecule has 112 valence electrons. The Bertz CT molecular complexity index is 627. The number of ether oxygens (including phenoxy) is 1. The molecule has 1 amide bonds. The van der Waals surface area contributed by atoms with Crippen molar-refractivity contribution in [1.82, 2.24) is 10.3 Å². The number of hydrogen-bond donors (Lipinski definition) is 2. The van der Waals surface area contributed by atoms with E-state index in [1.165, 1.54) is 0 Å². The number of aliphatic hydroxyl groups excluding tert-OH is 1. The second kappa shape index (κ2) is 7.36. The number of pyridine rings is 1. The smallest absolute Gasteiger partial charge is 0.270 e. The monoisotopic (exact) mass is 308 g/mol. The first-order valence-electron chi connectivity index (χ1n) is 6.61. The fourth-order valence-corrected chi connectivity index (χ4v) is 2.35. The van der Waals surface area contributed by atoms with Gasteiger partial charge in [0.25, 0.3) is 5.91 Å². The Balaban J connectivity index is 2.22. The van der Waals surface area contributed by atoms with Crippen molar-refractivity contribution in [1.29, 1.82) is 0 Å². The molecule has 0 radical (unpaired) electrons. The molecule has 5 nitrogen and oxygen atoms in total. The van der Waals surface area contributed by atoms with E-state index in [-0.39, 0.29) is 24.2 Å². The minimum atomic E-state index is -0.335. The van der Waals surface area contributed by atoms with Crippen LogP contribution in [0.2, 0.25) is 5.15 Å². The first-order chi connectivity index (χ1) is 10.2. The van der Waals surface area contributed by atoms with E-state index in [9.17, 15) is 4.79 Å². The van der Waals surface area contributed by atoms with Crippen molar-refractivity contribution < 1.29 is 14.6 Å². The van der Waals surface area contributed by atoms with Gasteiger partial charge in [-0.15, -0.1) is 0 Å². The summed E-state index contributed by atoms with van der Waals surface area (Å²) in [5.41, 5.74) is 0.248. The van der Waals surface area contributed by atoms with Gasteiger partial charge in [-0.2, -0.15) is 0 Å². The van der Waals surface area contributed by atoms with Crippen LogP contribution in [-0.2, 0) is 4.74 Å². The van der Waals surface area contributed by atoms with Crippen molar-refractivity contribution in [3.8, 4) is 0 Å². The molecule has 0 aliphatic rings. The Kier molecular flexibility index (Phi) is 5.50.